The van der Waals surface area contributed by atoms with Crippen molar-refractivity contribution in [3.63, 3.8) is 0 Å². The Morgan fingerprint density at radius 2 is 1.84 bits per heavy atom. The molecule has 0 saturated carbocycles. The lowest BCUT2D eigenvalue weighted by Gasteiger charge is -2.26. The molecule has 0 aliphatic carbocycles. The topological polar surface area (TPSA) is 102 Å². The minimum atomic E-state index is -3.50. The van der Waals surface area contributed by atoms with Gasteiger partial charge in [-0.3, -0.25) is 4.79 Å². The summed E-state index contributed by atoms with van der Waals surface area (Å²) in [4.78, 5) is 12.7. The molecule has 1 saturated heterocycles. The average molecular weight is 458 g/mol. The number of hydrogen-bond donors (Lipinski definition) is 1. The second kappa shape index (κ2) is 9.40. The van der Waals surface area contributed by atoms with Crippen molar-refractivity contribution in [1.82, 2.24) is 14.8 Å². The Bertz CT molecular complexity index is 1210. The first-order chi connectivity index (χ1) is 15.3. The third-order valence-electron chi connectivity index (χ3n) is 5.58. The molecule has 0 atom stereocenters. The summed E-state index contributed by atoms with van der Waals surface area (Å²) >= 11 is 0. The molecular formula is C23H27N3O5S. The van der Waals surface area contributed by atoms with Gasteiger partial charge in [-0.2, -0.15) is 4.31 Å². The predicted molar refractivity (Wildman–Crippen MR) is 120 cm³/mol. The van der Waals surface area contributed by atoms with E-state index in [1.165, 1.54) is 4.31 Å². The van der Waals surface area contributed by atoms with Crippen LogP contribution in [0.4, 0.5) is 0 Å². The average Bonchev–Trinajstić information content (AvgIpc) is 3.17. The van der Waals surface area contributed by atoms with E-state index in [2.05, 4.69) is 10.5 Å². The number of nitrogens with zero attached hydrogens (tertiary/aromatic N) is 2. The maximum Gasteiger partial charge on any atom is 0.243 e. The second-order valence-corrected chi connectivity index (χ2v) is 9.96. The molecule has 32 heavy (non-hydrogen) atoms. The molecule has 0 radical (unpaired) electrons. The van der Waals surface area contributed by atoms with Crippen LogP contribution in [0.2, 0.25) is 0 Å². The molecular weight excluding hydrogens is 430 g/mol. The van der Waals surface area contributed by atoms with Crippen molar-refractivity contribution in [1.29, 1.82) is 0 Å². The van der Waals surface area contributed by atoms with Gasteiger partial charge in [-0.25, -0.2) is 8.42 Å². The Kier molecular flexibility index (Phi) is 6.59. The van der Waals surface area contributed by atoms with Gasteiger partial charge in [0.05, 0.1) is 24.5 Å². The number of aryl methyl sites for hydroxylation is 2. The summed E-state index contributed by atoms with van der Waals surface area (Å²) < 4.78 is 37.4. The molecule has 8 nitrogen and oxygen atoms in total. The molecule has 1 aliphatic rings. The fourth-order valence-electron chi connectivity index (χ4n) is 3.97. The van der Waals surface area contributed by atoms with Gasteiger partial charge in [0.2, 0.25) is 15.9 Å². The number of aromatic nitrogens is 1. The minimum absolute atomic E-state index is 0.133. The highest BCUT2D eigenvalue weighted by Crippen LogP contribution is 2.24. The third-order valence-corrected chi connectivity index (χ3v) is 7.49. The molecule has 1 aliphatic heterocycles. The van der Waals surface area contributed by atoms with Crippen LogP contribution in [0.15, 0.2) is 45.8 Å². The summed E-state index contributed by atoms with van der Waals surface area (Å²) in [6, 6.07) is 10.8. The Morgan fingerprint density at radius 1 is 1.12 bits per heavy atom. The van der Waals surface area contributed by atoms with E-state index < -0.39 is 10.0 Å². The van der Waals surface area contributed by atoms with Crippen LogP contribution in [0.25, 0.3) is 11.0 Å². The van der Waals surface area contributed by atoms with Crippen LogP contribution in [0.1, 0.15) is 22.4 Å². The fraction of sp³-hybridized carbons (Fsp3) is 0.391. The van der Waals surface area contributed by atoms with Gasteiger partial charge in [0, 0.05) is 25.0 Å². The highest BCUT2D eigenvalue weighted by molar-refractivity contribution is 7.89. The first-order valence-electron chi connectivity index (χ1n) is 10.6. The van der Waals surface area contributed by atoms with E-state index in [1.54, 1.807) is 24.3 Å². The quantitative estimate of drug-likeness (QED) is 0.585. The van der Waals surface area contributed by atoms with Crippen molar-refractivity contribution < 1.29 is 22.5 Å². The van der Waals surface area contributed by atoms with Gasteiger partial charge >= 0.3 is 0 Å². The van der Waals surface area contributed by atoms with E-state index in [4.69, 9.17) is 9.26 Å². The second-order valence-electron chi connectivity index (χ2n) is 8.02. The molecule has 1 fully saturated rings. The summed E-state index contributed by atoms with van der Waals surface area (Å²) in [5.74, 6) is -0.133. The number of nitrogens with one attached hydrogen (secondary N) is 1. The number of rotatable bonds is 7. The van der Waals surface area contributed by atoms with Gasteiger partial charge in [0.1, 0.15) is 5.69 Å². The van der Waals surface area contributed by atoms with Crippen LogP contribution in [0.3, 0.4) is 0 Å². The zero-order valence-electron chi connectivity index (χ0n) is 18.3. The van der Waals surface area contributed by atoms with Crippen molar-refractivity contribution in [3.05, 3.63) is 58.8 Å². The number of sulfonamides is 1. The van der Waals surface area contributed by atoms with Gasteiger partial charge < -0.3 is 14.6 Å². The highest BCUT2D eigenvalue weighted by Gasteiger charge is 2.26. The number of carbonyl (C=O) groups excluding carboxylic acids is 1. The predicted octanol–water partition coefficient (Wildman–Crippen LogP) is 2.37. The van der Waals surface area contributed by atoms with Crippen molar-refractivity contribution in [2.75, 3.05) is 32.8 Å². The van der Waals surface area contributed by atoms with E-state index in [9.17, 15) is 13.2 Å². The monoisotopic (exact) mass is 457 g/mol. The Balaban J connectivity index is 1.31. The molecule has 0 spiro atoms. The highest BCUT2D eigenvalue weighted by atomic mass is 32.2. The largest absolute Gasteiger partial charge is 0.379 e. The number of hydrogen-bond acceptors (Lipinski definition) is 6. The number of benzene rings is 2. The van der Waals surface area contributed by atoms with E-state index in [-0.39, 0.29) is 17.2 Å². The first kappa shape index (κ1) is 22.4. The summed E-state index contributed by atoms with van der Waals surface area (Å²) in [5.41, 5.74) is 4.40. The SMILES string of the molecule is Cc1cc(C)c2c(CC(=O)NCCc3ccc(S(=O)(=O)N4CCOCC4)cc3)noc2c1. The zero-order chi connectivity index (χ0) is 22.7. The third kappa shape index (κ3) is 4.85. The summed E-state index contributed by atoms with van der Waals surface area (Å²) in [6.07, 6.45) is 0.745. The number of ether oxygens (including phenoxy) is 1. The Morgan fingerprint density at radius 3 is 2.56 bits per heavy atom. The normalized spacial score (nSPS) is 15.2. The smallest absolute Gasteiger partial charge is 0.243 e. The number of fused-ring (bicyclic) bond motifs is 1. The van der Waals surface area contributed by atoms with Crippen LogP contribution in [-0.4, -0.2) is 56.6 Å². The molecule has 1 amide bonds. The Hall–Kier alpha value is -2.75. The summed E-state index contributed by atoms with van der Waals surface area (Å²) in [7, 11) is -3.50. The van der Waals surface area contributed by atoms with Gasteiger partial charge in [-0.1, -0.05) is 23.4 Å². The van der Waals surface area contributed by atoms with Crippen LogP contribution in [0.5, 0.6) is 0 Å². The standard InChI is InChI=1S/C23H27N3O5S/c1-16-13-17(2)23-20(25-31-21(23)14-16)15-22(27)24-8-7-18-3-5-19(6-4-18)32(28,29)26-9-11-30-12-10-26/h3-6,13-14H,7-12,15H2,1-2H3,(H,24,27). The van der Waals surface area contributed by atoms with Crippen molar-refractivity contribution >= 4 is 26.9 Å². The maximum atomic E-state index is 12.7. The minimum Gasteiger partial charge on any atom is -0.379 e. The number of carbonyl (C=O) groups is 1. The van der Waals surface area contributed by atoms with E-state index in [0.29, 0.717) is 50.5 Å². The molecule has 3 aromatic rings. The van der Waals surface area contributed by atoms with E-state index >= 15 is 0 Å². The van der Waals surface area contributed by atoms with Gasteiger partial charge in [-0.15, -0.1) is 0 Å². The van der Waals surface area contributed by atoms with Gasteiger partial charge in [-0.05, 0) is 55.2 Å². The van der Waals surface area contributed by atoms with Crippen LogP contribution >= 0.6 is 0 Å². The van der Waals surface area contributed by atoms with Crippen LogP contribution in [-0.2, 0) is 32.4 Å². The molecule has 170 valence electrons. The molecule has 2 heterocycles. The maximum absolute atomic E-state index is 12.7. The molecule has 0 bridgehead atoms. The number of morpholine rings is 1. The fourth-order valence-corrected chi connectivity index (χ4v) is 5.37. The summed E-state index contributed by atoms with van der Waals surface area (Å²) in [6.45, 7) is 6.00. The molecule has 2 aromatic carbocycles. The lowest BCUT2D eigenvalue weighted by Crippen LogP contribution is -2.40. The van der Waals surface area contributed by atoms with Crippen LogP contribution in [0, 0.1) is 13.8 Å². The lowest BCUT2D eigenvalue weighted by atomic mass is 10.0. The van der Waals surface area contributed by atoms with Gasteiger partial charge in [0.15, 0.2) is 5.58 Å². The van der Waals surface area contributed by atoms with Gasteiger partial charge in [0.25, 0.3) is 0 Å². The molecule has 0 unspecified atom stereocenters. The van der Waals surface area contributed by atoms with Crippen molar-refractivity contribution in [3.8, 4) is 0 Å². The lowest BCUT2D eigenvalue weighted by molar-refractivity contribution is -0.120. The molecule has 4 rings (SSSR count). The summed E-state index contributed by atoms with van der Waals surface area (Å²) in [5, 5.41) is 7.86. The zero-order valence-corrected chi connectivity index (χ0v) is 19.1. The van der Waals surface area contributed by atoms with E-state index in [0.717, 1.165) is 22.1 Å². The molecule has 9 heteroatoms. The molecule has 1 aromatic heterocycles. The Labute approximate surface area is 187 Å². The van der Waals surface area contributed by atoms with Crippen LogP contribution < -0.4 is 5.32 Å². The van der Waals surface area contributed by atoms with Crippen molar-refractivity contribution in [2.24, 2.45) is 0 Å². The van der Waals surface area contributed by atoms with Crippen molar-refractivity contribution in [2.45, 2.75) is 31.6 Å². The number of amides is 1. The first-order valence-corrected chi connectivity index (χ1v) is 12.1. The molecule has 1 N–H and O–H groups in total. The van der Waals surface area contributed by atoms with E-state index in [1.807, 2.05) is 26.0 Å².